The van der Waals surface area contributed by atoms with Crippen LogP contribution in [0.1, 0.15) is 31.8 Å². The van der Waals surface area contributed by atoms with Gasteiger partial charge in [0.1, 0.15) is 30.1 Å². The first-order valence-corrected chi connectivity index (χ1v) is 12.3. The van der Waals surface area contributed by atoms with E-state index in [0.29, 0.717) is 5.75 Å². The number of aliphatic hydroxyl groups is 2. The first kappa shape index (κ1) is 26.0. The lowest BCUT2D eigenvalue weighted by Crippen LogP contribution is -2.66. The van der Waals surface area contributed by atoms with Crippen molar-refractivity contribution < 1.29 is 38.7 Å². The average Bonchev–Trinajstić information content (AvgIpc) is 3.21. The number of fused-ring (bicyclic) bond motifs is 1. The van der Waals surface area contributed by atoms with Crippen LogP contribution >= 0.6 is 0 Å². The lowest BCUT2D eigenvalue weighted by Gasteiger charge is -2.46. The minimum Gasteiger partial charge on any atom is -0.497 e. The lowest BCUT2D eigenvalue weighted by molar-refractivity contribution is -0.290. The molecule has 9 nitrogen and oxygen atoms in total. The van der Waals surface area contributed by atoms with E-state index in [0.717, 1.165) is 16.0 Å². The van der Waals surface area contributed by atoms with Gasteiger partial charge in [-0.05, 0) is 35.4 Å². The van der Waals surface area contributed by atoms with E-state index in [1.54, 1.807) is 43.5 Å². The molecule has 0 saturated carbocycles. The molecule has 0 radical (unpaired) electrons. The van der Waals surface area contributed by atoms with Crippen LogP contribution in [0, 0.1) is 0 Å². The first-order valence-electron chi connectivity index (χ1n) is 12.3. The zero-order valence-electron chi connectivity index (χ0n) is 20.8. The lowest BCUT2D eigenvalue weighted by atomic mass is 9.95. The highest BCUT2D eigenvalue weighted by Crippen LogP contribution is 2.34. The van der Waals surface area contributed by atoms with Crippen LogP contribution in [-0.4, -0.2) is 71.3 Å². The number of hydrogen-bond donors (Lipinski definition) is 2. The summed E-state index contributed by atoms with van der Waals surface area (Å²) in [5.74, 6) is -0.376. The molecule has 3 aromatic rings. The highest BCUT2D eigenvalue weighted by molar-refractivity contribution is 6.21. The summed E-state index contributed by atoms with van der Waals surface area (Å²) < 4.78 is 23.4. The molecule has 2 N–H and O–H groups in total. The molecule has 38 heavy (non-hydrogen) atoms. The third-order valence-corrected chi connectivity index (χ3v) is 6.80. The topological polar surface area (TPSA) is 115 Å². The van der Waals surface area contributed by atoms with E-state index in [1.807, 2.05) is 42.5 Å². The maximum Gasteiger partial charge on any atom is 0.262 e. The maximum absolute atomic E-state index is 13.5. The second kappa shape index (κ2) is 11.4. The third-order valence-electron chi connectivity index (χ3n) is 6.80. The van der Waals surface area contributed by atoms with Crippen molar-refractivity contribution in [1.82, 2.24) is 4.90 Å². The van der Waals surface area contributed by atoms with Crippen LogP contribution in [0.4, 0.5) is 0 Å². The molecule has 2 aliphatic rings. The average molecular weight is 520 g/mol. The summed E-state index contributed by atoms with van der Waals surface area (Å²) in [4.78, 5) is 28.0. The van der Waals surface area contributed by atoms with Crippen molar-refractivity contribution >= 4 is 11.8 Å². The Morgan fingerprint density at radius 1 is 0.816 bits per heavy atom. The van der Waals surface area contributed by atoms with Crippen molar-refractivity contribution in [3.05, 3.63) is 101 Å². The van der Waals surface area contributed by atoms with Crippen molar-refractivity contribution in [2.45, 2.75) is 43.9 Å². The van der Waals surface area contributed by atoms with Crippen LogP contribution in [0.3, 0.4) is 0 Å². The molecule has 3 aromatic carbocycles. The molecular weight excluding hydrogens is 490 g/mol. The number of carbonyl (C=O) groups is 2. The molecule has 9 heteroatoms. The van der Waals surface area contributed by atoms with Gasteiger partial charge in [0.2, 0.25) is 0 Å². The highest BCUT2D eigenvalue weighted by Gasteiger charge is 2.54. The number of aliphatic hydroxyl groups excluding tert-OH is 2. The Kier molecular flexibility index (Phi) is 7.82. The molecule has 5 rings (SSSR count). The quantitative estimate of drug-likeness (QED) is 0.415. The predicted octanol–water partition coefficient (Wildman–Crippen LogP) is 2.54. The summed E-state index contributed by atoms with van der Waals surface area (Å²) in [6, 6.07) is 21.9. The maximum atomic E-state index is 13.5. The zero-order chi connectivity index (χ0) is 26.6. The Hall–Kier alpha value is -3.60. The minimum atomic E-state index is -1.34. The van der Waals surface area contributed by atoms with Gasteiger partial charge in [0.15, 0.2) is 6.29 Å². The number of methoxy groups -OCH3 is 1. The minimum absolute atomic E-state index is 0.0644. The van der Waals surface area contributed by atoms with Gasteiger partial charge in [0.25, 0.3) is 11.8 Å². The Bertz CT molecular complexity index is 1230. The largest absolute Gasteiger partial charge is 0.497 e. The molecule has 0 bridgehead atoms. The molecule has 1 fully saturated rings. The van der Waals surface area contributed by atoms with Crippen LogP contribution < -0.4 is 4.74 Å². The zero-order valence-corrected chi connectivity index (χ0v) is 20.8. The summed E-state index contributed by atoms with van der Waals surface area (Å²) in [6.07, 6.45) is -4.67. The van der Waals surface area contributed by atoms with Crippen molar-refractivity contribution in [1.29, 1.82) is 0 Å². The Morgan fingerprint density at radius 3 is 2.00 bits per heavy atom. The number of rotatable bonds is 9. The molecule has 2 aliphatic heterocycles. The second-order valence-corrected chi connectivity index (χ2v) is 9.15. The smallest absolute Gasteiger partial charge is 0.262 e. The Labute approximate surface area is 220 Å². The van der Waals surface area contributed by atoms with Crippen LogP contribution in [0.2, 0.25) is 0 Å². The summed E-state index contributed by atoms with van der Waals surface area (Å²) in [7, 11) is 1.57. The number of imide groups is 1. The van der Waals surface area contributed by atoms with Crippen LogP contribution in [-0.2, 0) is 27.4 Å². The van der Waals surface area contributed by atoms with Crippen molar-refractivity contribution in [2.24, 2.45) is 0 Å². The van der Waals surface area contributed by atoms with Gasteiger partial charge in [-0.25, -0.2) is 0 Å². The molecule has 1 saturated heterocycles. The summed E-state index contributed by atoms with van der Waals surface area (Å²) in [6.45, 7) is -0.330. The number of nitrogens with zero attached hydrogens (tertiary/aromatic N) is 1. The van der Waals surface area contributed by atoms with Gasteiger partial charge in [-0.15, -0.1) is 0 Å². The fraction of sp³-hybridized carbons (Fsp3) is 0.310. The molecule has 5 atom stereocenters. The van der Waals surface area contributed by atoms with Crippen molar-refractivity contribution in [2.75, 3.05) is 13.7 Å². The van der Waals surface area contributed by atoms with Gasteiger partial charge >= 0.3 is 0 Å². The molecule has 198 valence electrons. The number of amides is 2. The number of hydrogen-bond acceptors (Lipinski definition) is 8. The van der Waals surface area contributed by atoms with Gasteiger partial charge in [-0.3, -0.25) is 14.5 Å². The second-order valence-electron chi connectivity index (χ2n) is 9.15. The van der Waals surface area contributed by atoms with E-state index < -0.39 is 49.1 Å². The molecule has 0 aliphatic carbocycles. The third kappa shape index (κ3) is 5.07. The van der Waals surface area contributed by atoms with Gasteiger partial charge in [-0.2, -0.15) is 0 Å². The summed E-state index contributed by atoms with van der Waals surface area (Å²) in [5.41, 5.74) is 2.14. The first-order chi connectivity index (χ1) is 18.5. The van der Waals surface area contributed by atoms with E-state index in [1.165, 1.54) is 0 Å². The molecule has 0 aromatic heterocycles. The van der Waals surface area contributed by atoms with E-state index in [4.69, 9.17) is 18.9 Å². The van der Waals surface area contributed by atoms with Gasteiger partial charge in [0.05, 0.1) is 38.1 Å². The SMILES string of the molecule is COc1ccc(CO[C@H]2[C@H](O)[C@@H](CO)O[C@@H](OCc3ccccc3)[C@@H]2N2C(=O)c3ccccc3C2=O)cc1. The van der Waals surface area contributed by atoms with E-state index in [9.17, 15) is 19.8 Å². The normalized spacial score (nSPS) is 24.9. The predicted molar refractivity (Wildman–Crippen MR) is 135 cm³/mol. The molecule has 2 amide bonds. The van der Waals surface area contributed by atoms with E-state index in [-0.39, 0.29) is 24.3 Å². The fourth-order valence-electron chi connectivity index (χ4n) is 4.80. The molecule has 0 spiro atoms. The Morgan fingerprint density at radius 2 is 1.39 bits per heavy atom. The standard InChI is InChI=1S/C29H29NO8/c1-35-20-13-11-19(12-14-20)16-36-26-24(30-27(33)21-9-5-6-10-22(21)28(30)34)29(38-23(15-31)25(26)32)37-17-18-7-3-2-4-8-18/h2-14,23-26,29,31-32H,15-17H2,1H3/t23-,24-,25-,26-,29-/m1/s1. The van der Waals surface area contributed by atoms with Crippen molar-refractivity contribution in [3.63, 3.8) is 0 Å². The molecular formula is C29H29NO8. The van der Waals surface area contributed by atoms with Crippen molar-refractivity contribution in [3.8, 4) is 5.75 Å². The number of carbonyl (C=O) groups excluding carboxylic acids is 2. The van der Waals surface area contributed by atoms with E-state index in [2.05, 4.69) is 0 Å². The van der Waals surface area contributed by atoms with Gasteiger partial charge in [-0.1, -0.05) is 54.6 Å². The number of ether oxygens (including phenoxy) is 4. The van der Waals surface area contributed by atoms with E-state index >= 15 is 0 Å². The van der Waals surface area contributed by atoms with Crippen LogP contribution in [0.15, 0.2) is 78.9 Å². The summed E-state index contributed by atoms with van der Waals surface area (Å²) in [5, 5.41) is 21.1. The molecule has 0 unspecified atom stereocenters. The molecule has 2 heterocycles. The van der Waals surface area contributed by atoms with Crippen LogP contribution in [0.25, 0.3) is 0 Å². The monoisotopic (exact) mass is 519 g/mol. The van der Waals surface area contributed by atoms with Crippen LogP contribution in [0.5, 0.6) is 5.75 Å². The van der Waals surface area contributed by atoms with Gasteiger partial charge < -0.3 is 29.2 Å². The number of benzene rings is 3. The van der Waals surface area contributed by atoms with Gasteiger partial charge in [0, 0.05) is 0 Å². The fourth-order valence-corrected chi connectivity index (χ4v) is 4.80. The Balaban J connectivity index is 1.47. The highest BCUT2D eigenvalue weighted by atomic mass is 16.7. The summed E-state index contributed by atoms with van der Waals surface area (Å²) >= 11 is 0.